The average Bonchev–Trinajstić information content (AvgIpc) is 3.49. The van der Waals surface area contributed by atoms with E-state index in [4.69, 9.17) is 22.7 Å². The number of Topliss-reactive ketones (excluding diaryl/α,β-unsaturated/α-hetero) is 1. The number of amides is 1. The Balaban J connectivity index is 1.81. The van der Waals surface area contributed by atoms with Gasteiger partial charge in [-0.1, -0.05) is 44.5 Å². The lowest BCUT2D eigenvalue weighted by Gasteiger charge is -2.50. The molecule has 2 aliphatic heterocycles. The molecule has 1 saturated carbocycles. The zero-order valence-electron chi connectivity index (χ0n) is 21.2. The Labute approximate surface area is 214 Å². The van der Waals surface area contributed by atoms with Crippen molar-refractivity contribution in [1.29, 1.82) is 5.41 Å². The van der Waals surface area contributed by atoms with Gasteiger partial charge in [0.1, 0.15) is 16.8 Å². The molecule has 0 unspecified atom stereocenters. The van der Waals surface area contributed by atoms with Gasteiger partial charge >= 0.3 is 0 Å². The van der Waals surface area contributed by atoms with Crippen molar-refractivity contribution >= 4 is 29.1 Å². The average molecular weight is 502 g/mol. The molecule has 4 rings (SSSR count). The molecule has 35 heavy (non-hydrogen) atoms. The molecule has 5 N–H and O–H groups in total. The van der Waals surface area contributed by atoms with Crippen LogP contribution in [0.15, 0.2) is 24.3 Å². The molecule has 7 nitrogen and oxygen atoms in total. The van der Waals surface area contributed by atoms with Crippen molar-refractivity contribution < 1.29 is 9.59 Å². The number of nitrogens with zero attached hydrogens (tertiary/aromatic N) is 1. The van der Waals surface area contributed by atoms with Crippen LogP contribution in [-0.4, -0.2) is 60.2 Å². The largest absolute Gasteiger partial charge is 0.387 e. The highest BCUT2D eigenvalue weighted by molar-refractivity contribution is 6.30. The van der Waals surface area contributed by atoms with Crippen LogP contribution < -0.4 is 16.4 Å². The first-order valence-electron chi connectivity index (χ1n) is 13.0. The van der Waals surface area contributed by atoms with Gasteiger partial charge in [-0.3, -0.25) is 15.0 Å². The molecule has 1 aromatic rings. The Morgan fingerprint density at radius 3 is 2.31 bits per heavy atom. The highest BCUT2D eigenvalue weighted by Gasteiger charge is 2.62. The predicted octanol–water partition coefficient (Wildman–Crippen LogP) is 3.31. The number of nitrogens with one attached hydrogen (secondary N) is 3. The number of halogens is 1. The highest BCUT2D eigenvalue weighted by Crippen LogP contribution is 2.47. The highest BCUT2D eigenvalue weighted by atomic mass is 35.5. The Kier molecular flexibility index (Phi) is 7.60. The quantitative estimate of drug-likeness (QED) is 0.338. The van der Waals surface area contributed by atoms with Gasteiger partial charge < -0.3 is 21.3 Å². The summed E-state index contributed by atoms with van der Waals surface area (Å²) in [6.45, 7) is 7.97. The van der Waals surface area contributed by atoms with Crippen LogP contribution in [0.3, 0.4) is 0 Å². The lowest BCUT2D eigenvalue weighted by Crippen LogP contribution is -2.68. The topological polar surface area (TPSA) is 111 Å². The molecule has 0 bridgehead atoms. The van der Waals surface area contributed by atoms with Crippen molar-refractivity contribution in [1.82, 2.24) is 15.5 Å². The summed E-state index contributed by atoms with van der Waals surface area (Å²) in [5.41, 5.74) is 5.01. The van der Waals surface area contributed by atoms with E-state index in [2.05, 4.69) is 17.6 Å². The van der Waals surface area contributed by atoms with Crippen LogP contribution in [0.25, 0.3) is 0 Å². The van der Waals surface area contributed by atoms with Crippen molar-refractivity contribution in [3.63, 3.8) is 0 Å². The fourth-order valence-corrected chi connectivity index (χ4v) is 6.70. The summed E-state index contributed by atoms with van der Waals surface area (Å²) in [4.78, 5) is 30.7. The Bertz CT molecular complexity index is 951. The van der Waals surface area contributed by atoms with Crippen LogP contribution in [0, 0.1) is 22.7 Å². The van der Waals surface area contributed by atoms with E-state index in [9.17, 15) is 9.59 Å². The number of benzene rings is 1. The van der Waals surface area contributed by atoms with Gasteiger partial charge in [0, 0.05) is 42.5 Å². The number of ketones is 1. The number of rotatable bonds is 7. The van der Waals surface area contributed by atoms with Crippen molar-refractivity contribution in [2.24, 2.45) is 23.0 Å². The van der Waals surface area contributed by atoms with E-state index in [1.165, 1.54) is 0 Å². The van der Waals surface area contributed by atoms with E-state index in [1.54, 1.807) is 0 Å². The summed E-state index contributed by atoms with van der Waals surface area (Å²) in [6, 6.07) is 7.50. The summed E-state index contributed by atoms with van der Waals surface area (Å²) < 4.78 is 0. The fraction of sp³-hybridized carbons (Fsp3) is 0.667. The van der Waals surface area contributed by atoms with Gasteiger partial charge in [0.15, 0.2) is 5.78 Å². The SMILES string of the molecule is CC1CCC(N(C(=O)C(C)C)[C@@]2(C(=O)[C@]3(C(=N)N)CNC[C@@H]3c3ccc(Cl)cc3)CCNC2)CC1. The molecule has 1 amide bonds. The normalized spacial score (nSPS) is 33.1. The molecular weight excluding hydrogens is 462 g/mol. The molecule has 3 aliphatic rings. The standard InChI is InChI=1S/C27H40ClN5O2/c1-17(2)23(34)33(21-10-4-18(3)5-11-21)26(12-13-31-15-26)24(35)27(25(29)30)16-32-14-22(27)19-6-8-20(28)9-7-19/h6-9,17-18,21-22,31-32H,4-5,10-16H2,1-3H3,(H3,29,30)/t18?,21?,22-,26+,27+/m1/s1. The summed E-state index contributed by atoms with van der Waals surface area (Å²) in [7, 11) is 0. The lowest BCUT2D eigenvalue weighted by molar-refractivity contribution is -0.156. The van der Waals surface area contributed by atoms with Gasteiger partial charge in [0.25, 0.3) is 0 Å². The van der Waals surface area contributed by atoms with E-state index in [0.717, 1.165) is 31.2 Å². The molecule has 0 radical (unpaired) electrons. The maximum absolute atomic E-state index is 14.9. The second-order valence-corrected chi connectivity index (χ2v) is 11.6. The third kappa shape index (κ3) is 4.51. The third-order valence-corrected chi connectivity index (χ3v) is 8.86. The second kappa shape index (κ2) is 10.2. The van der Waals surface area contributed by atoms with Crippen LogP contribution in [0.1, 0.15) is 64.4 Å². The maximum Gasteiger partial charge on any atom is 0.226 e. The van der Waals surface area contributed by atoms with Gasteiger partial charge in [-0.2, -0.15) is 0 Å². The summed E-state index contributed by atoms with van der Waals surface area (Å²) >= 11 is 6.14. The fourth-order valence-electron chi connectivity index (χ4n) is 6.57. The first-order valence-corrected chi connectivity index (χ1v) is 13.4. The molecule has 3 atom stereocenters. The van der Waals surface area contributed by atoms with Crippen molar-refractivity contribution in [2.45, 2.75) is 70.4 Å². The summed E-state index contributed by atoms with van der Waals surface area (Å²) in [5.74, 6) is -0.0962. The van der Waals surface area contributed by atoms with E-state index in [0.29, 0.717) is 43.5 Å². The predicted molar refractivity (Wildman–Crippen MR) is 140 cm³/mol. The maximum atomic E-state index is 14.9. The monoisotopic (exact) mass is 501 g/mol. The molecule has 1 aromatic carbocycles. The number of carbonyl (C=O) groups is 2. The Morgan fingerprint density at radius 1 is 1.11 bits per heavy atom. The van der Waals surface area contributed by atoms with Crippen molar-refractivity contribution in [3.05, 3.63) is 34.9 Å². The van der Waals surface area contributed by atoms with Gasteiger partial charge in [-0.15, -0.1) is 0 Å². The first-order chi connectivity index (χ1) is 16.6. The minimum atomic E-state index is -1.22. The summed E-state index contributed by atoms with van der Waals surface area (Å²) in [5, 5.41) is 16.1. The summed E-state index contributed by atoms with van der Waals surface area (Å²) in [6.07, 6.45) is 4.45. The molecule has 1 aliphatic carbocycles. The van der Waals surface area contributed by atoms with E-state index >= 15 is 0 Å². The van der Waals surface area contributed by atoms with Gasteiger partial charge in [-0.25, -0.2) is 0 Å². The van der Waals surface area contributed by atoms with Crippen LogP contribution in [0.2, 0.25) is 5.02 Å². The molecule has 8 heteroatoms. The van der Waals surface area contributed by atoms with Crippen LogP contribution in [-0.2, 0) is 9.59 Å². The third-order valence-electron chi connectivity index (χ3n) is 8.60. The minimum absolute atomic E-state index is 0.0225. The van der Waals surface area contributed by atoms with Crippen molar-refractivity contribution in [2.75, 3.05) is 26.2 Å². The van der Waals surface area contributed by atoms with E-state index in [1.807, 2.05) is 43.0 Å². The smallest absolute Gasteiger partial charge is 0.226 e. The van der Waals surface area contributed by atoms with Gasteiger partial charge in [0.2, 0.25) is 5.91 Å². The minimum Gasteiger partial charge on any atom is -0.387 e. The second-order valence-electron chi connectivity index (χ2n) is 11.2. The molecule has 0 aromatic heterocycles. The van der Waals surface area contributed by atoms with Crippen LogP contribution >= 0.6 is 11.6 Å². The number of hydrogen-bond acceptors (Lipinski definition) is 5. The van der Waals surface area contributed by atoms with Gasteiger partial charge in [0.05, 0.1) is 0 Å². The number of nitrogens with two attached hydrogens (primary N) is 1. The molecule has 2 heterocycles. The van der Waals surface area contributed by atoms with E-state index < -0.39 is 11.0 Å². The molecule has 192 valence electrons. The number of amidine groups is 1. The first kappa shape index (κ1) is 26.1. The van der Waals surface area contributed by atoms with Crippen molar-refractivity contribution in [3.8, 4) is 0 Å². The van der Waals surface area contributed by atoms with E-state index in [-0.39, 0.29) is 35.4 Å². The lowest BCUT2D eigenvalue weighted by atomic mass is 9.64. The zero-order chi connectivity index (χ0) is 25.4. The number of hydrogen-bond donors (Lipinski definition) is 4. The Morgan fingerprint density at radius 2 is 1.77 bits per heavy atom. The van der Waals surface area contributed by atoms with Crippen LogP contribution in [0.4, 0.5) is 0 Å². The molecular formula is C27H40ClN5O2. The van der Waals surface area contributed by atoms with Gasteiger partial charge in [-0.05, 0) is 62.3 Å². The number of carbonyl (C=O) groups excluding carboxylic acids is 2. The molecule has 2 saturated heterocycles. The zero-order valence-corrected chi connectivity index (χ0v) is 22.0. The Hall–Kier alpha value is -1.96. The molecule has 3 fully saturated rings. The molecule has 0 spiro atoms. The van der Waals surface area contributed by atoms with Crippen LogP contribution in [0.5, 0.6) is 0 Å².